The van der Waals surface area contributed by atoms with E-state index < -0.39 is 30.8 Å². The molecule has 3 heterocycles. The molecule has 126 valence electrons. The Labute approximate surface area is 136 Å². The van der Waals surface area contributed by atoms with Crippen LogP contribution in [0.15, 0.2) is 29.0 Å². The second-order valence-corrected chi connectivity index (χ2v) is 6.40. The van der Waals surface area contributed by atoms with Gasteiger partial charge in [0.1, 0.15) is 6.04 Å². The molecule has 4 rings (SSSR count). The van der Waals surface area contributed by atoms with Gasteiger partial charge in [-0.2, -0.15) is 4.98 Å². The van der Waals surface area contributed by atoms with Crippen LogP contribution in [0, 0.1) is 0 Å². The highest BCUT2D eigenvalue weighted by Gasteiger charge is 2.50. The summed E-state index contributed by atoms with van der Waals surface area (Å²) >= 11 is 0. The third-order valence-electron chi connectivity index (χ3n) is 4.35. The highest BCUT2D eigenvalue weighted by molar-refractivity contribution is 5.79. The van der Waals surface area contributed by atoms with E-state index >= 15 is 0 Å². The van der Waals surface area contributed by atoms with Gasteiger partial charge in [-0.1, -0.05) is 11.2 Å². The number of pyridine rings is 1. The van der Waals surface area contributed by atoms with Crippen molar-refractivity contribution < 1.29 is 18.1 Å². The van der Waals surface area contributed by atoms with Crippen molar-refractivity contribution in [3.8, 4) is 0 Å². The van der Waals surface area contributed by atoms with E-state index in [-0.39, 0.29) is 18.2 Å². The van der Waals surface area contributed by atoms with Gasteiger partial charge in [-0.25, -0.2) is 8.78 Å². The fourth-order valence-corrected chi connectivity index (χ4v) is 2.97. The van der Waals surface area contributed by atoms with Crippen LogP contribution in [0.3, 0.4) is 0 Å². The summed E-state index contributed by atoms with van der Waals surface area (Å²) in [5.41, 5.74) is 0.681. The Morgan fingerprint density at radius 3 is 2.96 bits per heavy atom. The highest BCUT2D eigenvalue weighted by Crippen LogP contribution is 2.43. The average molecular weight is 334 g/mol. The summed E-state index contributed by atoms with van der Waals surface area (Å²) in [6.45, 7) is -0.627. The smallest absolute Gasteiger partial charge is 0.267 e. The topological polar surface area (TPSA) is 72.1 Å². The minimum Gasteiger partial charge on any atom is -0.337 e. The van der Waals surface area contributed by atoms with E-state index in [1.54, 1.807) is 24.5 Å². The van der Waals surface area contributed by atoms with Gasteiger partial charge in [-0.15, -0.1) is 0 Å². The SMILES string of the molecule is O=C(Cc1cccnc1)N1CC(F)(F)C[C@H]1c1nc(C2CC2)no1. The van der Waals surface area contributed by atoms with Crippen LogP contribution >= 0.6 is 0 Å². The van der Waals surface area contributed by atoms with E-state index in [1.165, 1.54) is 0 Å². The van der Waals surface area contributed by atoms with Crippen LogP contribution in [-0.2, 0) is 11.2 Å². The molecule has 0 spiro atoms. The number of halogens is 2. The first-order valence-corrected chi connectivity index (χ1v) is 7.91. The molecule has 1 saturated heterocycles. The zero-order valence-corrected chi connectivity index (χ0v) is 12.9. The Balaban J connectivity index is 1.55. The third-order valence-corrected chi connectivity index (χ3v) is 4.35. The van der Waals surface area contributed by atoms with Crippen molar-refractivity contribution in [3.05, 3.63) is 41.8 Å². The molecule has 0 unspecified atom stereocenters. The standard InChI is InChI=1S/C16H16F2N4O2/c17-16(18)7-12(15-20-14(21-24-15)11-3-4-11)22(9-16)13(23)6-10-2-1-5-19-8-10/h1-2,5,8,11-12H,3-4,6-7,9H2/t12-/m0/s1. The number of hydrogen-bond donors (Lipinski definition) is 0. The number of likely N-dealkylation sites (tertiary alicyclic amines) is 1. The average Bonchev–Trinajstić information content (AvgIpc) is 3.19. The number of rotatable bonds is 4. The third kappa shape index (κ3) is 3.00. The molecule has 0 radical (unpaired) electrons. The normalized spacial score (nSPS) is 22.8. The number of nitrogens with zero attached hydrogens (tertiary/aromatic N) is 4. The summed E-state index contributed by atoms with van der Waals surface area (Å²) < 4.78 is 33.0. The maximum atomic E-state index is 13.9. The van der Waals surface area contributed by atoms with Gasteiger partial charge in [0.25, 0.3) is 5.92 Å². The van der Waals surface area contributed by atoms with Crippen LogP contribution in [0.25, 0.3) is 0 Å². The zero-order valence-electron chi connectivity index (χ0n) is 12.9. The summed E-state index contributed by atoms with van der Waals surface area (Å²) in [5, 5.41) is 3.87. The summed E-state index contributed by atoms with van der Waals surface area (Å²) in [4.78, 5) is 21.8. The highest BCUT2D eigenvalue weighted by atomic mass is 19.3. The predicted octanol–water partition coefficient (Wildman–Crippen LogP) is 2.49. The van der Waals surface area contributed by atoms with E-state index in [9.17, 15) is 13.6 Å². The van der Waals surface area contributed by atoms with Gasteiger partial charge in [0.05, 0.1) is 13.0 Å². The van der Waals surface area contributed by atoms with Crippen LogP contribution in [-0.4, -0.2) is 38.4 Å². The number of carbonyl (C=O) groups is 1. The second kappa shape index (κ2) is 5.61. The molecule has 1 aliphatic carbocycles. The van der Waals surface area contributed by atoms with Crippen molar-refractivity contribution in [2.24, 2.45) is 0 Å². The Morgan fingerprint density at radius 2 is 2.25 bits per heavy atom. The number of hydrogen-bond acceptors (Lipinski definition) is 5. The van der Waals surface area contributed by atoms with Gasteiger partial charge in [-0.3, -0.25) is 9.78 Å². The lowest BCUT2D eigenvalue weighted by molar-refractivity contribution is -0.133. The van der Waals surface area contributed by atoms with Gasteiger partial charge >= 0.3 is 0 Å². The number of carbonyl (C=O) groups excluding carboxylic acids is 1. The molecule has 0 N–H and O–H groups in total. The predicted molar refractivity (Wildman–Crippen MR) is 78.2 cm³/mol. The molecule has 1 amide bonds. The number of alkyl halides is 2. The molecule has 2 aromatic heterocycles. The first-order valence-electron chi connectivity index (χ1n) is 7.91. The van der Waals surface area contributed by atoms with E-state index in [0.29, 0.717) is 11.4 Å². The van der Waals surface area contributed by atoms with E-state index in [1.807, 2.05) is 0 Å². The maximum Gasteiger partial charge on any atom is 0.267 e. The van der Waals surface area contributed by atoms with Gasteiger partial charge in [0.15, 0.2) is 5.82 Å². The quantitative estimate of drug-likeness (QED) is 0.859. The van der Waals surface area contributed by atoms with Gasteiger partial charge in [0.2, 0.25) is 11.8 Å². The van der Waals surface area contributed by atoms with Crippen LogP contribution < -0.4 is 0 Å². The molecule has 2 aliphatic rings. The molecular formula is C16H16F2N4O2. The molecule has 8 heteroatoms. The lowest BCUT2D eigenvalue weighted by Gasteiger charge is -2.21. The summed E-state index contributed by atoms with van der Waals surface area (Å²) in [7, 11) is 0. The molecule has 1 atom stereocenters. The van der Waals surface area contributed by atoms with Crippen molar-refractivity contribution in [2.45, 2.75) is 43.6 Å². The zero-order chi connectivity index (χ0) is 16.7. The minimum atomic E-state index is -2.95. The first kappa shape index (κ1) is 15.2. The van der Waals surface area contributed by atoms with Crippen molar-refractivity contribution in [1.29, 1.82) is 0 Å². The molecule has 2 aromatic rings. The van der Waals surface area contributed by atoms with E-state index in [4.69, 9.17) is 4.52 Å². The maximum absolute atomic E-state index is 13.9. The number of aromatic nitrogens is 3. The van der Waals surface area contributed by atoms with E-state index in [0.717, 1.165) is 17.7 Å². The fourth-order valence-electron chi connectivity index (χ4n) is 2.97. The molecule has 24 heavy (non-hydrogen) atoms. The second-order valence-electron chi connectivity index (χ2n) is 6.40. The van der Waals surface area contributed by atoms with Crippen molar-refractivity contribution in [1.82, 2.24) is 20.0 Å². The summed E-state index contributed by atoms with van der Waals surface area (Å²) in [6.07, 6.45) is 4.66. The van der Waals surface area contributed by atoms with Crippen LogP contribution in [0.5, 0.6) is 0 Å². The molecule has 2 fully saturated rings. The molecule has 1 aliphatic heterocycles. The molecule has 0 aromatic carbocycles. The van der Waals surface area contributed by atoms with Gasteiger partial charge < -0.3 is 9.42 Å². The lowest BCUT2D eigenvalue weighted by Crippen LogP contribution is -2.34. The van der Waals surface area contributed by atoms with Crippen LogP contribution in [0.2, 0.25) is 0 Å². The van der Waals surface area contributed by atoms with Gasteiger partial charge in [-0.05, 0) is 24.5 Å². The van der Waals surface area contributed by atoms with E-state index in [2.05, 4.69) is 15.1 Å². The Kier molecular flexibility index (Phi) is 3.54. The minimum absolute atomic E-state index is 0.0179. The van der Waals surface area contributed by atoms with Crippen LogP contribution in [0.1, 0.15) is 48.5 Å². The fraction of sp³-hybridized carbons (Fsp3) is 0.500. The largest absolute Gasteiger partial charge is 0.337 e. The van der Waals surface area contributed by atoms with Crippen molar-refractivity contribution in [3.63, 3.8) is 0 Å². The molecular weight excluding hydrogens is 318 g/mol. The summed E-state index contributed by atoms with van der Waals surface area (Å²) in [5.74, 6) is -2.42. The Morgan fingerprint density at radius 1 is 1.42 bits per heavy atom. The summed E-state index contributed by atoms with van der Waals surface area (Å²) in [6, 6.07) is 2.58. The molecule has 6 nitrogen and oxygen atoms in total. The monoisotopic (exact) mass is 334 g/mol. The lowest BCUT2D eigenvalue weighted by atomic mass is 10.1. The number of amides is 1. The Bertz CT molecular complexity index is 746. The van der Waals surface area contributed by atoms with Gasteiger partial charge in [0, 0.05) is 24.7 Å². The van der Waals surface area contributed by atoms with Crippen molar-refractivity contribution >= 4 is 5.91 Å². The van der Waals surface area contributed by atoms with Crippen LogP contribution in [0.4, 0.5) is 8.78 Å². The molecule has 1 saturated carbocycles. The van der Waals surface area contributed by atoms with Crippen molar-refractivity contribution in [2.75, 3.05) is 6.54 Å². The first-order chi connectivity index (χ1) is 11.5. The molecule has 0 bridgehead atoms. The Hall–Kier alpha value is -2.38.